The highest BCUT2D eigenvalue weighted by atomic mass is 79.9. The lowest BCUT2D eigenvalue weighted by Crippen LogP contribution is -2.43. The summed E-state index contributed by atoms with van der Waals surface area (Å²) in [6.07, 6.45) is 6.69. The zero-order valence-electron chi connectivity index (χ0n) is 18.1. The summed E-state index contributed by atoms with van der Waals surface area (Å²) in [5, 5.41) is 2.88. The highest BCUT2D eigenvalue weighted by Crippen LogP contribution is 2.32. The van der Waals surface area contributed by atoms with E-state index in [-0.39, 0.29) is 12.5 Å². The van der Waals surface area contributed by atoms with Crippen LogP contribution in [-0.2, 0) is 20.9 Å². The van der Waals surface area contributed by atoms with Crippen molar-refractivity contribution in [2.75, 3.05) is 26.9 Å². The second-order valence-electron chi connectivity index (χ2n) is 6.63. The van der Waals surface area contributed by atoms with Crippen molar-refractivity contribution in [3.05, 3.63) is 58.1 Å². The number of hydrogen-bond acceptors (Lipinski definition) is 5. The van der Waals surface area contributed by atoms with Gasteiger partial charge < -0.3 is 19.5 Å². The molecule has 0 aliphatic carbocycles. The summed E-state index contributed by atoms with van der Waals surface area (Å²) in [6, 6.07) is 12.8. The molecule has 0 saturated carbocycles. The fourth-order valence-electron chi connectivity index (χ4n) is 2.82. The van der Waals surface area contributed by atoms with Gasteiger partial charge in [-0.2, -0.15) is 0 Å². The van der Waals surface area contributed by atoms with Crippen LogP contribution in [0, 0.1) is 24.2 Å². The molecule has 2 aromatic carbocycles. The molecule has 0 heterocycles. The third-order valence-corrected chi connectivity index (χ3v) is 5.56. The fraction of sp³-hybridized carbons (Fsp3) is 0.320. The highest BCUT2D eigenvalue weighted by Gasteiger charge is 2.37. The molecule has 5 nitrogen and oxygen atoms in total. The van der Waals surface area contributed by atoms with Crippen LogP contribution in [0.3, 0.4) is 0 Å². The van der Waals surface area contributed by atoms with Crippen LogP contribution in [0.25, 0.3) is 0 Å². The van der Waals surface area contributed by atoms with Crippen molar-refractivity contribution in [1.29, 1.82) is 0 Å². The molecule has 0 aliphatic rings. The predicted molar refractivity (Wildman–Crippen MR) is 133 cm³/mol. The first kappa shape index (κ1) is 25.7. The standard InChI is InChI=1S/C25H26BrNO4S/c1-4-6-7-17-30-22-13-8-19(18-23(22)29-3)14-15-27-24(28)25(32,31-16-5-2)20-9-11-21(26)12-10-20/h2,8-13,18,32H,4,14-17H2,1,3H3,(H,27,28). The highest BCUT2D eigenvalue weighted by molar-refractivity contribution is 9.10. The Bertz CT molecular complexity index is 1010. The van der Waals surface area contributed by atoms with Crippen molar-refractivity contribution < 1.29 is 19.0 Å². The number of ether oxygens (including phenoxy) is 3. The molecule has 32 heavy (non-hydrogen) atoms. The summed E-state index contributed by atoms with van der Waals surface area (Å²) in [5.74, 6) is 9.13. The molecule has 1 atom stereocenters. The minimum Gasteiger partial charge on any atom is -0.493 e. The topological polar surface area (TPSA) is 56.8 Å². The third-order valence-electron chi connectivity index (χ3n) is 4.44. The first-order valence-electron chi connectivity index (χ1n) is 10.0. The summed E-state index contributed by atoms with van der Waals surface area (Å²) in [7, 11) is 1.59. The normalized spacial score (nSPS) is 12.0. The molecule has 0 bridgehead atoms. The second kappa shape index (κ2) is 13.1. The van der Waals surface area contributed by atoms with Gasteiger partial charge in [-0.05, 0) is 36.2 Å². The maximum absolute atomic E-state index is 12.9. The Balaban J connectivity index is 2.03. The number of rotatable bonds is 10. The van der Waals surface area contributed by atoms with Gasteiger partial charge >= 0.3 is 0 Å². The van der Waals surface area contributed by atoms with Crippen molar-refractivity contribution in [3.63, 3.8) is 0 Å². The van der Waals surface area contributed by atoms with Gasteiger partial charge in [-0.25, -0.2) is 0 Å². The number of terminal acetylenes is 1. The van der Waals surface area contributed by atoms with Crippen LogP contribution in [0.15, 0.2) is 46.9 Å². The molecule has 1 unspecified atom stereocenters. The lowest BCUT2D eigenvalue weighted by Gasteiger charge is -2.27. The Morgan fingerprint density at radius 3 is 2.56 bits per heavy atom. The van der Waals surface area contributed by atoms with Gasteiger partial charge in [0.25, 0.3) is 5.91 Å². The SMILES string of the molecule is C#CCOC(S)(C(=O)NCCc1ccc(OCC#CCC)c(OC)c1)c1ccc(Br)cc1. The van der Waals surface area contributed by atoms with E-state index in [1.54, 1.807) is 19.2 Å². The average molecular weight is 516 g/mol. The Hall–Kier alpha value is -2.58. The number of carbonyl (C=O) groups is 1. The summed E-state index contributed by atoms with van der Waals surface area (Å²) in [4.78, 5) is 11.4. The van der Waals surface area contributed by atoms with Crippen molar-refractivity contribution >= 4 is 34.5 Å². The Morgan fingerprint density at radius 1 is 1.16 bits per heavy atom. The van der Waals surface area contributed by atoms with Crippen molar-refractivity contribution in [1.82, 2.24) is 5.32 Å². The Labute approximate surface area is 203 Å². The molecule has 0 aromatic heterocycles. The molecule has 0 spiro atoms. The summed E-state index contributed by atoms with van der Waals surface area (Å²) in [5.41, 5.74) is 1.57. The molecule has 0 radical (unpaired) electrons. The third kappa shape index (κ3) is 7.24. The molecule has 1 amide bonds. The van der Waals surface area contributed by atoms with Crippen LogP contribution in [0.2, 0.25) is 0 Å². The van der Waals surface area contributed by atoms with Crippen LogP contribution in [0.5, 0.6) is 11.5 Å². The Kier molecular flexibility index (Phi) is 10.5. The summed E-state index contributed by atoms with van der Waals surface area (Å²) >= 11 is 7.91. The minimum atomic E-state index is -1.50. The molecular weight excluding hydrogens is 490 g/mol. The average Bonchev–Trinajstić information content (AvgIpc) is 2.81. The zero-order valence-corrected chi connectivity index (χ0v) is 20.6. The van der Waals surface area contributed by atoms with Gasteiger partial charge in [-0.15, -0.1) is 25.0 Å². The van der Waals surface area contributed by atoms with Gasteiger partial charge in [0.1, 0.15) is 13.2 Å². The first-order chi connectivity index (χ1) is 15.4. The number of hydrogen-bond donors (Lipinski definition) is 2. The first-order valence-corrected chi connectivity index (χ1v) is 11.3. The van der Waals surface area contributed by atoms with Crippen LogP contribution >= 0.6 is 28.6 Å². The van der Waals surface area contributed by atoms with Crippen LogP contribution < -0.4 is 14.8 Å². The second-order valence-corrected chi connectivity index (χ2v) is 8.18. The molecule has 2 aromatic rings. The van der Waals surface area contributed by atoms with Gasteiger partial charge in [0.15, 0.2) is 11.5 Å². The number of nitrogens with one attached hydrogen (secondary N) is 1. The molecule has 0 saturated heterocycles. The summed E-state index contributed by atoms with van der Waals surface area (Å²) < 4.78 is 17.6. The number of amides is 1. The van der Waals surface area contributed by atoms with E-state index in [4.69, 9.17) is 20.6 Å². The number of halogens is 1. The number of benzene rings is 2. The number of carbonyl (C=O) groups excluding carboxylic acids is 1. The molecule has 168 valence electrons. The van der Waals surface area contributed by atoms with Gasteiger partial charge in [0.05, 0.1) is 7.11 Å². The predicted octanol–water partition coefficient (Wildman–Crippen LogP) is 4.34. The van der Waals surface area contributed by atoms with Gasteiger partial charge in [-0.3, -0.25) is 4.79 Å². The van der Waals surface area contributed by atoms with Crippen molar-refractivity contribution in [3.8, 4) is 35.7 Å². The molecule has 2 rings (SSSR count). The maximum atomic E-state index is 12.9. The molecule has 0 fully saturated rings. The largest absolute Gasteiger partial charge is 0.493 e. The van der Waals surface area contributed by atoms with E-state index < -0.39 is 4.93 Å². The van der Waals surface area contributed by atoms with E-state index in [0.717, 1.165) is 16.5 Å². The van der Waals surface area contributed by atoms with E-state index >= 15 is 0 Å². The lowest BCUT2D eigenvalue weighted by molar-refractivity contribution is -0.135. The van der Waals surface area contributed by atoms with E-state index in [1.807, 2.05) is 37.3 Å². The number of methoxy groups -OCH3 is 1. The van der Waals surface area contributed by atoms with E-state index in [1.165, 1.54) is 0 Å². The monoisotopic (exact) mass is 515 g/mol. The smallest absolute Gasteiger partial charge is 0.267 e. The van der Waals surface area contributed by atoms with Crippen LogP contribution in [-0.4, -0.2) is 32.8 Å². The fourth-order valence-corrected chi connectivity index (χ4v) is 3.38. The van der Waals surface area contributed by atoms with E-state index in [0.29, 0.717) is 36.6 Å². The van der Waals surface area contributed by atoms with Crippen LogP contribution in [0.4, 0.5) is 0 Å². The lowest BCUT2D eigenvalue weighted by atomic mass is 10.1. The zero-order chi connectivity index (χ0) is 23.4. The van der Waals surface area contributed by atoms with Gasteiger partial charge in [0, 0.05) is 23.0 Å². The number of thiol groups is 1. The van der Waals surface area contributed by atoms with E-state index in [9.17, 15) is 4.79 Å². The van der Waals surface area contributed by atoms with Crippen molar-refractivity contribution in [2.45, 2.75) is 24.7 Å². The maximum Gasteiger partial charge on any atom is 0.267 e. The summed E-state index contributed by atoms with van der Waals surface area (Å²) in [6.45, 7) is 2.62. The van der Waals surface area contributed by atoms with Gasteiger partial charge in [-0.1, -0.05) is 52.9 Å². The minimum absolute atomic E-state index is 0.0473. The van der Waals surface area contributed by atoms with Gasteiger partial charge in [0.2, 0.25) is 4.93 Å². The van der Waals surface area contributed by atoms with Crippen molar-refractivity contribution in [2.24, 2.45) is 0 Å². The molecule has 1 N–H and O–H groups in total. The van der Waals surface area contributed by atoms with Crippen LogP contribution in [0.1, 0.15) is 24.5 Å². The molecular formula is C25H26BrNO4S. The molecule has 7 heteroatoms. The quantitative estimate of drug-likeness (QED) is 0.280. The molecule has 0 aliphatic heterocycles. The Morgan fingerprint density at radius 2 is 1.91 bits per heavy atom. The van der Waals surface area contributed by atoms with E-state index in [2.05, 4.69) is 51.6 Å².